The molecule has 0 saturated heterocycles. The van der Waals surface area contributed by atoms with Gasteiger partial charge in [-0.25, -0.2) is 23.0 Å². The van der Waals surface area contributed by atoms with E-state index in [-0.39, 0.29) is 5.56 Å². The van der Waals surface area contributed by atoms with E-state index in [9.17, 15) is 18.0 Å². The molecule has 2 aromatic rings. The SMILES string of the molecule is CCN(C)C=Nc1ccc(C(=O)OCc2c(F)cc(F)cc2F)c(C)c1C. The summed E-state index contributed by atoms with van der Waals surface area (Å²) in [5.74, 6) is -3.95. The zero-order valence-corrected chi connectivity index (χ0v) is 15.6. The largest absolute Gasteiger partial charge is 0.457 e. The number of halogens is 3. The molecular weight excluding hydrogens is 357 g/mol. The number of benzene rings is 2. The van der Waals surface area contributed by atoms with Crippen molar-refractivity contribution in [3.05, 3.63) is 64.0 Å². The molecule has 2 rings (SSSR count). The van der Waals surface area contributed by atoms with Crippen LogP contribution in [0.2, 0.25) is 0 Å². The molecule has 0 radical (unpaired) electrons. The Bertz CT molecular complexity index is 859. The number of esters is 1. The first-order valence-electron chi connectivity index (χ1n) is 8.39. The highest BCUT2D eigenvalue weighted by Gasteiger charge is 2.17. The lowest BCUT2D eigenvalue weighted by Crippen LogP contribution is -2.14. The van der Waals surface area contributed by atoms with Crippen LogP contribution in [-0.2, 0) is 11.3 Å². The molecular formula is C20H21F3N2O2. The van der Waals surface area contributed by atoms with Crippen LogP contribution in [0.3, 0.4) is 0 Å². The molecule has 0 unspecified atom stereocenters. The van der Waals surface area contributed by atoms with Gasteiger partial charge in [-0.3, -0.25) is 0 Å². The predicted octanol–water partition coefficient (Wildman–Crippen LogP) is 4.69. The van der Waals surface area contributed by atoms with Gasteiger partial charge in [-0.2, -0.15) is 0 Å². The fourth-order valence-electron chi connectivity index (χ4n) is 2.34. The van der Waals surface area contributed by atoms with Crippen molar-refractivity contribution in [1.29, 1.82) is 0 Å². The zero-order valence-electron chi connectivity index (χ0n) is 15.6. The van der Waals surface area contributed by atoms with Crippen molar-refractivity contribution in [2.45, 2.75) is 27.4 Å². The molecule has 0 atom stereocenters. The van der Waals surface area contributed by atoms with Gasteiger partial charge in [0.2, 0.25) is 0 Å². The molecule has 0 fully saturated rings. The Labute approximate surface area is 156 Å². The smallest absolute Gasteiger partial charge is 0.338 e. The maximum absolute atomic E-state index is 13.6. The van der Waals surface area contributed by atoms with Gasteiger partial charge in [-0.05, 0) is 44.0 Å². The first kappa shape index (κ1) is 20.5. The summed E-state index contributed by atoms with van der Waals surface area (Å²) in [6.07, 6.45) is 1.69. The van der Waals surface area contributed by atoms with Crippen LogP contribution in [0.15, 0.2) is 29.3 Å². The third kappa shape index (κ3) is 4.87. The topological polar surface area (TPSA) is 41.9 Å². The normalized spacial score (nSPS) is 11.1. The molecule has 4 nitrogen and oxygen atoms in total. The molecule has 0 aliphatic carbocycles. The zero-order chi connectivity index (χ0) is 20.1. The summed E-state index contributed by atoms with van der Waals surface area (Å²) < 4.78 is 45.3. The molecule has 0 heterocycles. The summed E-state index contributed by atoms with van der Waals surface area (Å²) in [7, 11) is 1.89. The molecule has 7 heteroatoms. The Morgan fingerprint density at radius 3 is 2.37 bits per heavy atom. The number of carbonyl (C=O) groups excluding carboxylic acids is 1. The summed E-state index contributed by atoms with van der Waals surface area (Å²) in [6.45, 7) is 5.74. The van der Waals surface area contributed by atoms with E-state index in [1.165, 1.54) is 0 Å². The molecule has 0 aliphatic rings. The number of ether oxygens (including phenoxy) is 1. The van der Waals surface area contributed by atoms with Gasteiger partial charge >= 0.3 is 5.97 Å². The summed E-state index contributed by atoms with van der Waals surface area (Å²) >= 11 is 0. The molecule has 0 bridgehead atoms. The van der Waals surface area contributed by atoms with Crippen molar-refractivity contribution in [1.82, 2.24) is 4.90 Å². The number of hydrogen-bond donors (Lipinski definition) is 0. The van der Waals surface area contributed by atoms with Gasteiger partial charge in [-0.1, -0.05) is 0 Å². The van der Waals surface area contributed by atoms with Crippen LogP contribution < -0.4 is 0 Å². The van der Waals surface area contributed by atoms with Crippen molar-refractivity contribution in [2.24, 2.45) is 4.99 Å². The third-order valence-electron chi connectivity index (χ3n) is 4.32. The summed E-state index contributed by atoms with van der Waals surface area (Å²) in [5, 5.41) is 0. The van der Waals surface area contributed by atoms with Gasteiger partial charge in [0.1, 0.15) is 24.1 Å². The quantitative estimate of drug-likeness (QED) is 0.416. The van der Waals surface area contributed by atoms with Crippen LogP contribution >= 0.6 is 0 Å². The molecule has 0 N–H and O–H groups in total. The average Bonchev–Trinajstić information content (AvgIpc) is 2.61. The second-order valence-corrected chi connectivity index (χ2v) is 6.12. The Balaban J connectivity index is 2.18. The van der Waals surface area contributed by atoms with Crippen molar-refractivity contribution < 1.29 is 22.7 Å². The molecule has 27 heavy (non-hydrogen) atoms. The maximum Gasteiger partial charge on any atom is 0.338 e. The minimum absolute atomic E-state index is 0.276. The highest BCUT2D eigenvalue weighted by molar-refractivity contribution is 5.92. The lowest BCUT2D eigenvalue weighted by Gasteiger charge is -2.13. The first-order valence-corrected chi connectivity index (χ1v) is 8.39. The number of aliphatic imine (C=N–C) groups is 1. The van der Waals surface area contributed by atoms with E-state index in [0.29, 0.717) is 23.4 Å². The molecule has 0 aromatic heterocycles. The van der Waals surface area contributed by atoms with E-state index < -0.39 is 35.6 Å². The van der Waals surface area contributed by atoms with E-state index in [4.69, 9.17) is 4.74 Å². The second-order valence-electron chi connectivity index (χ2n) is 6.12. The van der Waals surface area contributed by atoms with E-state index in [1.807, 2.05) is 25.8 Å². The number of carbonyl (C=O) groups is 1. The Morgan fingerprint density at radius 1 is 1.15 bits per heavy atom. The average molecular weight is 378 g/mol. The predicted molar refractivity (Wildman–Crippen MR) is 97.8 cm³/mol. The fourth-order valence-corrected chi connectivity index (χ4v) is 2.34. The van der Waals surface area contributed by atoms with Crippen LogP contribution in [0.4, 0.5) is 18.9 Å². The van der Waals surface area contributed by atoms with Crippen LogP contribution in [-0.4, -0.2) is 30.8 Å². The van der Waals surface area contributed by atoms with Crippen molar-refractivity contribution >= 4 is 18.0 Å². The molecule has 0 aliphatic heterocycles. The molecule has 0 amide bonds. The van der Waals surface area contributed by atoms with Crippen LogP contribution in [0, 0.1) is 31.3 Å². The number of rotatable bonds is 6. The Hall–Kier alpha value is -2.83. The first-order chi connectivity index (χ1) is 12.7. The van der Waals surface area contributed by atoms with E-state index in [2.05, 4.69) is 4.99 Å². The van der Waals surface area contributed by atoms with Gasteiger partial charge < -0.3 is 9.64 Å². The Kier molecular flexibility index (Phi) is 6.60. The number of hydrogen-bond acceptors (Lipinski definition) is 3. The molecule has 2 aromatic carbocycles. The van der Waals surface area contributed by atoms with Crippen molar-refractivity contribution in [3.63, 3.8) is 0 Å². The monoisotopic (exact) mass is 378 g/mol. The minimum Gasteiger partial charge on any atom is -0.457 e. The van der Waals surface area contributed by atoms with Crippen molar-refractivity contribution in [2.75, 3.05) is 13.6 Å². The van der Waals surface area contributed by atoms with Gasteiger partial charge in [-0.15, -0.1) is 0 Å². The van der Waals surface area contributed by atoms with E-state index in [1.54, 1.807) is 25.4 Å². The van der Waals surface area contributed by atoms with Gasteiger partial charge in [0, 0.05) is 25.7 Å². The van der Waals surface area contributed by atoms with E-state index in [0.717, 1.165) is 12.1 Å². The molecule has 0 saturated carbocycles. The van der Waals surface area contributed by atoms with Crippen LogP contribution in [0.1, 0.15) is 34.0 Å². The summed E-state index contributed by atoms with van der Waals surface area (Å²) in [5.41, 5.74) is 1.94. The highest BCUT2D eigenvalue weighted by atomic mass is 19.1. The maximum atomic E-state index is 13.6. The standard InChI is InChI=1S/C20H21F3N2O2/c1-5-25(4)11-24-19-7-6-15(12(2)13(19)3)20(26)27-10-16-17(22)8-14(21)9-18(16)23/h6-9,11H,5,10H2,1-4H3. The summed E-state index contributed by atoms with van der Waals surface area (Å²) in [6, 6.07) is 4.32. The highest BCUT2D eigenvalue weighted by Crippen LogP contribution is 2.25. The minimum atomic E-state index is -1.10. The summed E-state index contributed by atoms with van der Waals surface area (Å²) in [4.78, 5) is 18.6. The Morgan fingerprint density at radius 2 is 1.78 bits per heavy atom. The van der Waals surface area contributed by atoms with Crippen LogP contribution in [0.5, 0.6) is 0 Å². The van der Waals surface area contributed by atoms with Gasteiger partial charge in [0.15, 0.2) is 0 Å². The van der Waals surface area contributed by atoms with Crippen LogP contribution in [0.25, 0.3) is 0 Å². The fraction of sp³-hybridized carbons (Fsp3) is 0.300. The molecule has 144 valence electrons. The lowest BCUT2D eigenvalue weighted by molar-refractivity contribution is 0.0463. The number of nitrogens with zero attached hydrogens (tertiary/aromatic N) is 2. The van der Waals surface area contributed by atoms with E-state index >= 15 is 0 Å². The lowest BCUT2D eigenvalue weighted by atomic mass is 10.0. The second kappa shape index (κ2) is 8.70. The van der Waals surface area contributed by atoms with Gasteiger partial charge in [0.25, 0.3) is 0 Å². The van der Waals surface area contributed by atoms with Crippen molar-refractivity contribution in [3.8, 4) is 0 Å². The third-order valence-corrected chi connectivity index (χ3v) is 4.32. The molecule has 0 spiro atoms. The van der Waals surface area contributed by atoms with Gasteiger partial charge in [0.05, 0.1) is 23.2 Å².